The Morgan fingerprint density at radius 1 is 1.62 bits per heavy atom. The number of likely N-dealkylation sites (N-methyl/N-ethyl adjacent to an activating group) is 1. The van der Waals surface area contributed by atoms with E-state index in [4.69, 9.17) is 0 Å². The molecule has 1 heterocycles. The van der Waals surface area contributed by atoms with E-state index >= 15 is 0 Å². The second-order valence-corrected chi connectivity index (χ2v) is 3.93. The monoisotopic (exact) mass is 199 g/mol. The van der Waals surface area contributed by atoms with Gasteiger partial charge in [-0.25, -0.2) is 4.98 Å². The van der Waals surface area contributed by atoms with Crippen LogP contribution in [-0.4, -0.2) is 35.2 Å². The van der Waals surface area contributed by atoms with E-state index in [9.17, 15) is 0 Å². The van der Waals surface area contributed by atoms with Crippen LogP contribution in [0.1, 0.15) is 5.69 Å². The molecular weight excluding hydrogens is 182 g/mol. The average Bonchev–Trinajstić information content (AvgIpc) is 2.59. The Morgan fingerprint density at radius 2 is 2.46 bits per heavy atom. The number of nitrogens with zero attached hydrogens (tertiary/aromatic N) is 2. The first-order valence-electron chi connectivity index (χ1n) is 4.51. The van der Waals surface area contributed by atoms with Gasteiger partial charge in [0.15, 0.2) is 0 Å². The van der Waals surface area contributed by atoms with Crippen LogP contribution >= 0.6 is 11.8 Å². The zero-order valence-electron chi connectivity index (χ0n) is 8.29. The van der Waals surface area contributed by atoms with Crippen molar-refractivity contribution < 1.29 is 0 Å². The van der Waals surface area contributed by atoms with Gasteiger partial charge in [0.25, 0.3) is 0 Å². The fourth-order valence-electron chi connectivity index (χ4n) is 1.11. The van der Waals surface area contributed by atoms with Gasteiger partial charge in [-0.1, -0.05) is 0 Å². The third kappa shape index (κ3) is 3.83. The molecule has 0 fully saturated rings. The van der Waals surface area contributed by atoms with Gasteiger partial charge in [-0.15, -0.1) is 0 Å². The number of rotatable bonds is 6. The molecule has 0 aliphatic carbocycles. The molecule has 74 valence electrons. The van der Waals surface area contributed by atoms with Crippen LogP contribution in [0.3, 0.4) is 0 Å². The summed E-state index contributed by atoms with van der Waals surface area (Å²) in [5.41, 5.74) is 1.18. The van der Waals surface area contributed by atoms with Crippen molar-refractivity contribution in [1.82, 2.24) is 14.9 Å². The van der Waals surface area contributed by atoms with E-state index in [1.807, 2.05) is 25.1 Å². The Balaban J connectivity index is 2.34. The van der Waals surface area contributed by atoms with Gasteiger partial charge in [-0.2, -0.15) is 11.8 Å². The Kier molecular flexibility index (Phi) is 4.93. The topological polar surface area (TPSA) is 29.9 Å². The Morgan fingerprint density at radius 3 is 3.15 bits per heavy atom. The maximum atomic E-state index is 4.32. The normalized spacial score (nSPS) is 10.6. The van der Waals surface area contributed by atoms with Crippen molar-refractivity contribution in [1.29, 1.82) is 0 Å². The Bertz CT molecular complexity index is 212. The average molecular weight is 199 g/mol. The van der Waals surface area contributed by atoms with Crippen molar-refractivity contribution in [2.45, 2.75) is 13.0 Å². The van der Waals surface area contributed by atoms with Crippen LogP contribution in [0.25, 0.3) is 0 Å². The van der Waals surface area contributed by atoms with Crippen molar-refractivity contribution in [3.63, 3.8) is 0 Å². The fraction of sp³-hybridized carbons (Fsp3) is 0.667. The van der Waals surface area contributed by atoms with E-state index in [0.717, 1.165) is 25.3 Å². The van der Waals surface area contributed by atoms with Crippen molar-refractivity contribution in [3.8, 4) is 0 Å². The van der Waals surface area contributed by atoms with E-state index < -0.39 is 0 Å². The van der Waals surface area contributed by atoms with Gasteiger partial charge >= 0.3 is 0 Å². The lowest BCUT2D eigenvalue weighted by atomic mass is 10.3. The number of hydrogen-bond donors (Lipinski definition) is 1. The second-order valence-electron chi connectivity index (χ2n) is 2.95. The third-order valence-electron chi connectivity index (χ3n) is 1.87. The summed E-state index contributed by atoms with van der Waals surface area (Å²) in [4.78, 5) is 4.32. The lowest BCUT2D eigenvalue weighted by molar-refractivity contribution is 0.762. The molecule has 0 aromatic carbocycles. The number of imidazole rings is 1. The molecule has 0 bridgehead atoms. The van der Waals surface area contributed by atoms with Gasteiger partial charge in [0.2, 0.25) is 0 Å². The van der Waals surface area contributed by atoms with Gasteiger partial charge in [-0.3, -0.25) is 0 Å². The lowest BCUT2D eigenvalue weighted by Gasteiger charge is -1.98. The second kappa shape index (κ2) is 6.05. The van der Waals surface area contributed by atoms with Crippen LogP contribution in [-0.2, 0) is 13.0 Å². The van der Waals surface area contributed by atoms with Crippen molar-refractivity contribution in [2.24, 2.45) is 0 Å². The van der Waals surface area contributed by atoms with Crippen LogP contribution in [0, 0.1) is 0 Å². The summed E-state index contributed by atoms with van der Waals surface area (Å²) in [7, 11) is 1.96. The van der Waals surface area contributed by atoms with Crippen LogP contribution < -0.4 is 5.32 Å². The molecule has 1 N–H and O–H groups in total. The Hall–Kier alpha value is -0.480. The number of thioether (sulfide) groups is 1. The molecule has 0 unspecified atom stereocenters. The largest absolute Gasteiger partial charge is 0.336 e. The first kappa shape index (κ1) is 10.6. The van der Waals surface area contributed by atoms with E-state index in [-0.39, 0.29) is 0 Å². The molecule has 0 aliphatic heterocycles. The minimum atomic E-state index is 1.000. The zero-order chi connectivity index (χ0) is 9.52. The third-order valence-corrected chi connectivity index (χ3v) is 2.46. The van der Waals surface area contributed by atoms with E-state index in [2.05, 4.69) is 27.3 Å². The molecule has 0 saturated carbocycles. The summed E-state index contributed by atoms with van der Waals surface area (Å²) >= 11 is 1.86. The van der Waals surface area contributed by atoms with Crippen molar-refractivity contribution in [3.05, 3.63) is 18.2 Å². The summed E-state index contributed by atoms with van der Waals surface area (Å²) in [5, 5.41) is 3.12. The van der Waals surface area contributed by atoms with Gasteiger partial charge in [0.05, 0.1) is 12.0 Å². The van der Waals surface area contributed by atoms with Crippen LogP contribution in [0.5, 0.6) is 0 Å². The van der Waals surface area contributed by atoms with Gasteiger partial charge < -0.3 is 9.88 Å². The number of aromatic nitrogens is 2. The number of aryl methyl sites for hydroxylation is 1. The zero-order valence-corrected chi connectivity index (χ0v) is 9.10. The predicted octanol–water partition coefficient (Wildman–Crippen LogP) is 1.01. The van der Waals surface area contributed by atoms with Crippen molar-refractivity contribution in [2.75, 3.05) is 25.6 Å². The van der Waals surface area contributed by atoms with Crippen LogP contribution in [0.15, 0.2) is 12.5 Å². The molecule has 4 heteroatoms. The van der Waals surface area contributed by atoms with Crippen LogP contribution in [0.2, 0.25) is 0 Å². The lowest BCUT2D eigenvalue weighted by Crippen LogP contribution is -2.10. The summed E-state index contributed by atoms with van der Waals surface area (Å²) in [6.07, 6.45) is 7.19. The molecule has 0 atom stereocenters. The summed E-state index contributed by atoms with van der Waals surface area (Å²) < 4.78 is 2.15. The molecule has 0 saturated heterocycles. The SMILES string of the molecule is CNCCc1cn(CCSC)cn1. The summed E-state index contributed by atoms with van der Waals surface area (Å²) in [5.74, 6) is 1.15. The predicted molar refractivity (Wildman–Crippen MR) is 58.2 cm³/mol. The van der Waals surface area contributed by atoms with Gasteiger partial charge in [0.1, 0.15) is 0 Å². The molecule has 0 spiro atoms. The summed E-state index contributed by atoms with van der Waals surface area (Å²) in [6.45, 7) is 2.06. The molecule has 1 aromatic rings. The highest BCUT2D eigenvalue weighted by atomic mass is 32.2. The maximum absolute atomic E-state index is 4.32. The quantitative estimate of drug-likeness (QED) is 0.741. The molecule has 1 rings (SSSR count). The molecule has 0 radical (unpaired) electrons. The summed E-state index contributed by atoms with van der Waals surface area (Å²) in [6, 6.07) is 0. The van der Waals surface area contributed by atoms with E-state index in [0.29, 0.717) is 0 Å². The smallest absolute Gasteiger partial charge is 0.0949 e. The fourth-order valence-corrected chi connectivity index (χ4v) is 1.50. The highest BCUT2D eigenvalue weighted by Gasteiger charge is 1.97. The van der Waals surface area contributed by atoms with Crippen molar-refractivity contribution >= 4 is 11.8 Å². The first-order valence-corrected chi connectivity index (χ1v) is 5.90. The minimum Gasteiger partial charge on any atom is -0.336 e. The molecular formula is C9H17N3S. The van der Waals surface area contributed by atoms with Gasteiger partial charge in [0, 0.05) is 31.5 Å². The standard InChI is InChI=1S/C9H17N3S/c1-10-4-3-9-7-12(8-11-9)5-6-13-2/h7-8,10H,3-6H2,1-2H3. The number of hydrogen-bond acceptors (Lipinski definition) is 3. The molecule has 1 aromatic heterocycles. The van der Waals surface area contributed by atoms with E-state index in [1.165, 1.54) is 5.69 Å². The molecule has 3 nitrogen and oxygen atoms in total. The molecule has 0 amide bonds. The highest BCUT2D eigenvalue weighted by molar-refractivity contribution is 7.98. The van der Waals surface area contributed by atoms with Gasteiger partial charge in [-0.05, 0) is 13.3 Å². The Labute approximate surface area is 83.9 Å². The minimum absolute atomic E-state index is 1.000. The molecule has 0 aliphatic rings. The molecule has 13 heavy (non-hydrogen) atoms. The number of nitrogens with one attached hydrogen (secondary N) is 1. The highest BCUT2D eigenvalue weighted by Crippen LogP contribution is 1.99. The maximum Gasteiger partial charge on any atom is 0.0949 e. The van der Waals surface area contributed by atoms with Crippen LogP contribution in [0.4, 0.5) is 0 Å². The van der Waals surface area contributed by atoms with E-state index in [1.54, 1.807) is 0 Å². The first-order chi connectivity index (χ1) is 6.36.